The van der Waals surface area contributed by atoms with Crippen LogP contribution in [-0.2, 0) is 0 Å². The van der Waals surface area contributed by atoms with Crippen molar-refractivity contribution in [3.8, 4) is 0 Å². The first kappa shape index (κ1) is 19.5. The van der Waals surface area contributed by atoms with Crippen LogP contribution in [0.3, 0.4) is 0 Å². The lowest BCUT2D eigenvalue weighted by molar-refractivity contribution is 0.181. The molecule has 0 aliphatic carbocycles. The second-order valence-electron chi connectivity index (χ2n) is 2.61. The minimum Gasteiger partial charge on any atom is -0.304 e. The van der Waals surface area contributed by atoms with Crippen LogP contribution in [-0.4, -0.2) is 50.1 Å². The van der Waals surface area contributed by atoms with E-state index >= 15 is 0 Å². The molecule has 0 aromatic carbocycles. The quantitative estimate of drug-likeness (QED) is 0.598. The Morgan fingerprint density at radius 1 is 0.500 bits per heavy atom. The predicted molar refractivity (Wildman–Crippen MR) is 69.0 cm³/mol. The van der Waals surface area contributed by atoms with Gasteiger partial charge < -0.3 is 9.80 Å². The monoisotopic (exact) mass is 204 g/mol. The van der Waals surface area contributed by atoms with E-state index in [-0.39, 0.29) is 0 Å². The average molecular weight is 204 g/mol. The van der Waals surface area contributed by atoms with Gasteiger partial charge in [0.2, 0.25) is 0 Å². The minimum atomic E-state index is 1.23. The second kappa shape index (κ2) is 18.7. The highest BCUT2D eigenvalue weighted by Crippen LogP contribution is 1.93. The summed E-state index contributed by atoms with van der Waals surface area (Å²) in [5, 5.41) is 0. The van der Waals surface area contributed by atoms with E-state index in [0.29, 0.717) is 0 Å². The molecule has 1 rings (SSSR count). The van der Waals surface area contributed by atoms with Gasteiger partial charge in [-0.15, -0.1) is 0 Å². The summed E-state index contributed by atoms with van der Waals surface area (Å²) in [4.78, 5) is 4.72. The standard InChI is InChI=1S/C6H14N2.3C2H6/c1-7-3-5-8(2)6-4-7;3*1-2/h3-6H2,1-2H3;3*1-2H3. The van der Waals surface area contributed by atoms with Gasteiger partial charge in [-0.1, -0.05) is 41.5 Å². The first-order valence-corrected chi connectivity index (χ1v) is 6.16. The Morgan fingerprint density at radius 2 is 0.643 bits per heavy atom. The fourth-order valence-corrected chi connectivity index (χ4v) is 0.906. The molecule has 2 nitrogen and oxygen atoms in total. The van der Waals surface area contributed by atoms with E-state index in [2.05, 4.69) is 23.9 Å². The molecule has 14 heavy (non-hydrogen) atoms. The molecule has 0 aromatic rings. The van der Waals surface area contributed by atoms with Crippen molar-refractivity contribution < 1.29 is 0 Å². The molecular weight excluding hydrogens is 172 g/mol. The van der Waals surface area contributed by atoms with Crippen LogP contribution in [0.2, 0.25) is 0 Å². The van der Waals surface area contributed by atoms with E-state index in [1.165, 1.54) is 26.2 Å². The highest BCUT2D eigenvalue weighted by atomic mass is 15.2. The Balaban J connectivity index is -0.000000174. The maximum atomic E-state index is 2.36. The zero-order valence-corrected chi connectivity index (χ0v) is 11.7. The lowest BCUT2D eigenvalue weighted by Crippen LogP contribution is -2.42. The third kappa shape index (κ3) is 14.4. The summed E-state index contributed by atoms with van der Waals surface area (Å²) in [6.07, 6.45) is 0. The van der Waals surface area contributed by atoms with Gasteiger partial charge in [0.25, 0.3) is 0 Å². The average Bonchev–Trinajstić information content (AvgIpc) is 2.31. The first-order valence-electron chi connectivity index (χ1n) is 6.16. The van der Waals surface area contributed by atoms with Gasteiger partial charge in [-0.2, -0.15) is 0 Å². The largest absolute Gasteiger partial charge is 0.304 e. The van der Waals surface area contributed by atoms with Crippen LogP contribution >= 0.6 is 0 Å². The Bertz CT molecular complexity index is 56.7. The lowest BCUT2D eigenvalue weighted by atomic mass is 10.4. The molecule has 0 amide bonds. The van der Waals surface area contributed by atoms with Crippen LogP contribution < -0.4 is 0 Å². The molecule has 1 aliphatic heterocycles. The van der Waals surface area contributed by atoms with Crippen LogP contribution in [0.25, 0.3) is 0 Å². The van der Waals surface area contributed by atoms with Gasteiger partial charge in [0.15, 0.2) is 0 Å². The van der Waals surface area contributed by atoms with Crippen molar-refractivity contribution in [2.45, 2.75) is 41.5 Å². The SMILES string of the molecule is CC.CC.CC.CN1CCN(C)CC1. The Hall–Kier alpha value is -0.0800. The van der Waals surface area contributed by atoms with Crippen LogP contribution in [0.15, 0.2) is 0 Å². The third-order valence-corrected chi connectivity index (χ3v) is 1.73. The molecule has 1 saturated heterocycles. The van der Waals surface area contributed by atoms with Crippen LogP contribution in [0.1, 0.15) is 41.5 Å². The van der Waals surface area contributed by atoms with Crippen molar-refractivity contribution >= 4 is 0 Å². The number of piperazine rings is 1. The molecule has 0 aromatic heterocycles. The molecule has 1 aliphatic rings. The smallest absolute Gasteiger partial charge is 0.0107 e. The van der Waals surface area contributed by atoms with Gasteiger partial charge in [0.05, 0.1) is 0 Å². The Labute approximate surface area is 92.3 Å². The lowest BCUT2D eigenvalue weighted by Gasteiger charge is -2.28. The second-order valence-corrected chi connectivity index (χ2v) is 2.61. The predicted octanol–water partition coefficient (Wildman–Crippen LogP) is 2.94. The van der Waals surface area contributed by atoms with E-state index in [4.69, 9.17) is 0 Å². The first-order chi connectivity index (χ1) is 6.79. The van der Waals surface area contributed by atoms with Gasteiger partial charge in [-0.25, -0.2) is 0 Å². The van der Waals surface area contributed by atoms with Gasteiger partial charge in [0.1, 0.15) is 0 Å². The molecule has 2 heteroatoms. The molecule has 0 N–H and O–H groups in total. The normalized spacial score (nSPS) is 16.3. The minimum absolute atomic E-state index is 1.23. The van der Waals surface area contributed by atoms with Crippen molar-refractivity contribution in [1.82, 2.24) is 9.80 Å². The highest BCUT2D eigenvalue weighted by molar-refractivity contribution is 4.64. The van der Waals surface area contributed by atoms with Crippen molar-refractivity contribution in [3.05, 3.63) is 0 Å². The van der Waals surface area contributed by atoms with E-state index in [0.717, 1.165) is 0 Å². The van der Waals surface area contributed by atoms with Gasteiger partial charge in [0, 0.05) is 26.2 Å². The molecule has 0 spiro atoms. The molecule has 1 heterocycles. The van der Waals surface area contributed by atoms with Crippen molar-refractivity contribution in [3.63, 3.8) is 0 Å². The summed E-state index contributed by atoms with van der Waals surface area (Å²) >= 11 is 0. The summed E-state index contributed by atoms with van der Waals surface area (Å²) in [5.74, 6) is 0. The van der Waals surface area contributed by atoms with Crippen molar-refractivity contribution in [1.29, 1.82) is 0 Å². The molecule has 0 atom stereocenters. The fourth-order valence-electron chi connectivity index (χ4n) is 0.906. The van der Waals surface area contributed by atoms with Crippen molar-refractivity contribution in [2.75, 3.05) is 40.3 Å². The summed E-state index contributed by atoms with van der Waals surface area (Å²) in [5.41, 5.74) is 0. The third-order valence-electron chi connectivity index (χ3n) is 1.73. The molecular formula is C12H32N2. The number of rotatable bonds is 0. The summed E-state index contributed by atoms with van der Waals surface area (Å²) < 4.78 is 0. The molecule has 0 unspecified atom stereocenters. The molecule has 0 saturated carbocycles. The maximum Gasteiger partial charge on any atom is 0.0107 e. The zero-order chi connectivity index (χ0) is 12.0. The molecule has 90 valence electrons. The molecule has 0 radical (unpaired) electrons. The number of hydrogen-bond acceptors (Lipinski definition) is 2. The number of likely N-dealkylation sites (N-methyl/N-ethyl adjacent to an activating group) is 2. The molecule has 1 fully saturated rings. The van der Waals surface area contributed by atoms with E-state index < -0.39 is 0 Å². The van der Waals surface area contributed by atoms with E-state index in [9.17, 15) is 0 Å². The summed E-state index contributed by atoms with van der Waals surface area (Å²) in [6.45, 7) is 16.9. The Morgan fingerprint density at radius 3 is 0.786 bits per heavy atom. The van der Waals surface area contributed by atoms with E-state index in [1.807, 2.05) is 41.5 Å². The number of hydrogen-bond donors (Lipinski definition) is 0. The van der Waals surface area contributed by atoms with Gasteiger partial charge in [-0.05, 0) is 14.1 Å². The Kier molecular flexibility index (Phi) is 26.0. The van der Waals surface area contributed by atoms with E-state index in [1.54, 1.807) is 0 Å². The van der Waals surface area contributed by atoms with Gasteiger partial charge >= 0.3 is 0 Å². The fraction of sp³-hybridized carbons (Fsp3) is 1.00. The maximum absolute atomic E-state index is 2.36. The summed E-state index contributed by atoms with van der Waals surface area (Å²) in [6, 6.07) is 0. The van der Waals surface area contributed by atoms with Crippen LogP contribution in [0.4, 0.5) is 0 Å². The zero-order valence-electron chi connectivity index (χ0n) is 11.7. The summed E-state index contributed by atoms with van der Waals surface area (Å²) in [7, 11) is 4.35. The van der Waals surface area contributed by atoms with Crippen molar-refractivity contribution in [2.24, 2.45) is 0 Å². The highest BCUT2D eigenvalue weighted by Gasteiger charge is 2.07. The topological polar surface area (TPSA) is 6.48 Å². The van der Waals surface area contributed by atoms with Crippen LogP contribution in [0, 0.1) is 0 Å². The number of nitrogens with zero attached hydrogens (tertiary/aromatic N) is 2. The van der Waals surface area contributed by atoms with Crippen LogP contribution in [0.5, 0.6) is 0 Å². The molecule has 0 bridgehead atoms. The van der Waals surface area contributed by atoms with Gasteiger partial charge in [-0.3, -0.25) is 0 Å².